The number of hydrogen-bond acceptors (Lipinski definition) is 4. The first kappa shape index (κ1) is 15.5. The first-order valence-corrected chi connectivity index (χ1v) is 7.85. The van der Waals surface area contributed by atoms with Crippen LogP contribution in [0.5, 0.6) is 0 Å². The van der Waals surface area contributed by atoms with Crippen LogP contribution in [0.4, 0.5) is 5.82 Å². The van der Waals surface area contributed by atoms with E-state index in [0.29, 0.717) is 6.54 Å². The van der Waals surface area contributed by atoms with Crippen LogP contribution in [0.1, 0.15) is 21.5 Å². The van der Waals surface area contributed by atoms with Gasteiger partial charge in [0.2, 0.25) is 0 Å². The second-order valence-electron chi connectivity index (χ2n) is 5.62. The molecule has 0 atom stereocenters. The minimum atomic E-state index is -0.0483. The molecule has 23 heavy (non-hydrogen) atoms. The molecule has 2 aromatic rings. The number of carbonyl (C=O) groups is 1. The molecule has 1 fully saturated rings. The molecule has 5 heteroatoms. The molecule has 2 heterocycles. The third kappa shape index (κ3) is 3.87. The highest BCUT2D eigenvalue weighted by Crippen LogP contribution is 2.14. The highest BCUT2D eigenvalue weighted by Gasteiger charge is 2.13. The van der Waals surface area contributed by atoms with Gasteiger partial charge < -0.3 is 15.0 Å². The Morgan fingerprint density at radius 3 is 2.83 bits per heavy atom. The fourth-order valence-electron chi connectivity index (χ4n) is 2.64. The van der Waals surface area contributed by atoms with Crippen LogP contribution in [0.3, 0.4) is 0 Å². The minimum absolute atomic E-state index is 0.0483. The number of hydrogen-bond donors (Lipinski definition) is 1. The van der Waals surface area contributed by atoms with Gasteiger partial charge in [0.05, 0.1) is 13.2 Å². The SMILES string of the molecule is Cc1ccccc1C(=O)NCc1ccnc(N2CCOCC2)c1. The van der Waals surface area contributed by atoms with Crippen molar-refractivity contribution in [1.29, 1.82) is 0 Å². The number of nitrogens with one attached hydrogen (secondary N) is 1. The maximum absolute atomic E-state index is 12.3. The Morgan fingerprint density at radius 1 is 1.26 bits per heavy atom. The smallest absolute Gasteiger partial charge is 0.251 e. The Labute approximate surface area is 136 Å². The number of carbonyl (C=O) groups excluding carboxylic acids is 1. The number of ether oxygens (including phenoxy) is 1. The monoisotopic (exact) mass is 311 g/mol. The van der Waals surface area contributed by atoms with Gasteiger partial charge >= 0.3 is 0 Å². The number of aromatic nitrogens is 1. The second kappa shape index (κ2) is 7.24. The molecule has 1 amide bonds. The van der Waals surface area contributed by atoms with Gasteiger partial charge in [0.15, 0.2) is 0 Å². The van der Waals surface area contributed by atoms with Gasteiger partial charge in [-0.1, -0.05) is 18.2 Å². The average Bonchev–Trinajstić information content (AvgIpc) is 2.61. The van der Waals surface area contributed by atoms with E-state index >= 15 is 0 Å². The molecule has 0 bridgehead atoms. The largest absolute Gasteiger partial charge is 0.378 e. The van der Waals surface area contributed by atoms with E-state index in [0.717, 1.165) is 48.8 Å². The number of pyridine rings is 1. The Bertz CT molecular complexity index is 681. The van der Waals surface area contributed by atoms with Gasteiger partial charge in [0.1, 0.15) is 5.82 Å². The Kier molecular flexibility index (Phi) is 4.88. The lowest BCUT2D eigenvalue weighted by Gasteiger charge is -2.28. The zero-order valence-corrected chi connectivity index (χ0v) is 13.3. The summed E-state index contributed by atoms with van der Waals surface area (Å²) in [6.07, 6.45) is 1.79. The number of aryl methyl sites for hydroxylation is 1. The lowest BCUT2D eigenvalue weighted by molar-refractivity contribution is 0.0950. The van der Waals surface area contributed by atoms with Gasteiger partial charge in [-0.3, -0.25) is 4.79 Å². The van der Waals surface area contributed by atoms with Gasteiger partial charge in [-0.2, -0.15) is 0 Å². The molecule has 1 aromatic carbocycles. The van der Waals surface area contributed by atoms with Crippen LogP contribution in [0.25, 0.3) is 0 Å². The van der Waals surface area contributed by atoms with Gasteiger partial charge in [-0.25, -0.2) is 4.98 Å². The average molecular weight is 311 g/mol. The molecule has 0 aliphatic carbocycles. The molecule has 1 saturated heterocycles. The van der Waals surface area contributed by atoms with Crippen molar-refractivity contribution in [3.8, 4) is 0 Å². The Morgan fingerprint density at radius 2 is 2.04 bits per heavy atom. The third-order valence-corrected chi connectivity index (χ3v) is 3.99. The number of nitrogens with zero attached hydrogens (tertiary/aromatic N) is 2. The molecule has 0 unspecified atom stereocenters. The Hall–Kier alpha value is -2.40. The van der Waals surface area contributed by atoms with Crippen LogP contribution in [-0.2, 0) is 11.3 Å². The van der Waals surface area contributed by atoms with Crippen molar-refractivity contribution >= 4 is 11.7 Å². The predicted molar refractivity (Wildman–Crippen MR) is 89.6 cm³/mol. The molecular formula is C18H21N3O2. The Balaban J connectivity index is 1.64. The molecule has 0 spiro atoms. The summed E-state index contributed by atoms with van der Waals surface area (Å²) in [7, 11) is 0. The highest BCUT2D eigenvalue weighted by atomic mass is 16.5. The van der Waals surface area contributed by atoms with Crippen LogP contribution >= 0.6 is 0 Å². The lowest BCUT2D eigenvalue weighted by atomic mass is 10.1. The molecule has 5 nitrogen and oxygen atoms in total. The van der Waals surface area contributed by atoms with Gasteiger partial charge in [0, 0.05) is 31.4 Å². The maximum Gasteiger partial charge on any atom is 0.251 e. The molecule has 1 N–H and O–H groups in total. The third-order valence-electron chi connectivity index (χ3n) is 3.99. The van der Waals surface area contributed by atoms with E-state index in [1.54, 1.807) is 6.20 Å². The summed E-state index contributed by atoms with van der Waals surface area (Å²) in [6.45, 7) is 5.61. The van der Waals surface area contributed by atoms with E-state index in [9.17, 15) is 4.79 Å². The van der Waals surface area contributed by atoms with Gasteiger partial charge in [0.25, 0.3) is 5.91 Å². The quantitative estimate of drug-likeness (QED) is 0.940. The summed E-state index contributed by atoms with van der Waals surface area (Å²) in [5.41, 5.74) is 2.74. The number of rotatable bonds is 4. The molecule has 0 saturated carbocycles. The lowest BCUT2D eigenvalue weighted by Crippen LogP contribution is -2.36. The first-order chi connectivity index (χ1) is 11.2. The van der Waals surface area contributed by atoms with Crippen molar-refractivity contribution in [2.45, 2.75) is 13.5 Å². The number of morpholine rings is 1. The highest BCUT2D eigenvalue weighted by molar-refractivity contribution is 5.95. The molecular weight excluding hydrogens is 290 g/mol. The molecule has 1 aliphatic rings. The van der Waals surface area contributed by atoms with Crippen molar-refractivity contribution in [1.82, 2.24) is 10.3 Å². The number of benzene rings is 1. The van der Waals surface area contributed by atoms with Crippen LogP contribution in [0, 0.1) is 6.92 Å². The summed E-state index contributed by atoms with van der Waals surface area (Å²) < 4.78 is 5.36. The standard InChI is InChI=1S/C18H21N3O2/c1-14-4-2-3-5-16(14)18(22)20-13-15-6-7-19-17(12-15)21-8-10-23-11-9-21/h2-7,12H,8-11,13H2,1H3,(H,20,22). The van der Waals surface area contributed by atoms with Crippen molar-refractivity contribution in [3.63, 3.8) is 0 Å². The molecule has 120 valence electrons. The fourth-order valence-corrected chi connectivity index (χ4v) is 2.64. The van der Waals surface area contributed by atoms with Crippen LogP contribution in [0.15, 0.2) is 42.6 Å². The van der Waals surface area contributed by atoms with Crippen molar-refractivity contribution < 1.29 is 9.53 Å². The summed E-state index contributed by atoms with van der Waals surface area (Å²) in [5.74, 6) is 0.892. The van der Waals surface area contributed by atoms with E-state index < -0.39 is 0 Å². The summed E-state index contributed by atoms with van der Waals surface area (Å²) in [5, 5.41) is 2.98. The van der Waals surface area contributed by atoms with Crippen molar-refractivity contribution in [2.24, 2.45) is 0 Å². The predicted octanol–water partition coefficient (Wildman–Crippen LogP) is 2.16. The number of anilines is 1. The molecule has 3 rings (SSSR count). The van der Waals surface area contributed by atoms with Gasteiger partial charge in [-0.05, 0) is 36.2 Å². The van der Waals surface area contributed by atoms with E-state index in [-0.39, 0.29) is 5.91 Å². The second-order valence-corrected chi connectivity index (χ2v) is 5.62. The van der Waals surface area contributed by atoms with E-state index in [4.69, 9.17) is 4.74 Å². The van der Waals surface area contributed by atoms with E-state index in [2.05, 4.69) is 15.2 Å². The summed E-state index contributed by atoms with van der Waals surface area (Å²) >= 11 is 0. The minimum Gasteiger partial charge on any atom is -0.378 e. The van der Waals surface area contributed by atoms with Crippen LogP contribution in [0.2, 0.25) is 0 Å². The van der Waals surface area contributed by atoms with Crippen molar-refractivity contribution in [3.05, 3.63) is 59.3 Å². The first-order valence-electron chi connectivity index (χ1n) is 7.85. The summed E-state index contributed by atoms with van der Waals surface area (Å²) in [4.78, 5) is 18.9. The molecule has 1 aromatic heterocycles. The topological polar surface area (TPSA) is 54.5 Å². The normalized spacial score (nSPS) is 14.6. The van der Waals surface area contributed by atoms with E-state index in [1.165, 1.54) is 0 Å². The van der Waals surface area contributed by atoms with Crippen LogP contribution in [-0.4, -0.2) is 37.2 Å². The van der Waals surface area contributed by atoms with Gasteiger partial charge in [-0.15, -0.1) is 0 Å². The molecule has 0 radical (unpaired) electrons. The van der Waals surface area contributed by atoms with Crippen LogP contribution < -0.4 is 10.2 Å². The van der Waals surface area contributed by atoms with Crippen molar-refractivity contribution in [2.75, 3.05) is 31.2 Å². The summed E-state index contributed by atoms with van der Waals surface area (Å²) in [6, 6.07) is 11.6. The van der Waals surface area contributed by atoms with E-state index in [1.807, 2.05) is 43.3 Å². The zero-order valence-electron chi connectivity index (χ0n) is 13.3. The number of amides is 1. The zero-order chi connectivity index (χ0) is 16.1. The maximum atomic E-state index is 12.3. The fraction of sp³-hybridized carbons (Fsp3) is 0.333. The molecule has 1 aliphatic heterocycles.